The van der Waals surface area contributed by atoms with E-state index in [1.807, 2.05) is 16.8 Å². The largest absolute Gasteiger partial charge is 0.341 e. The van der Waals surface area contributed by atoms with Crippen LogP contribution < -0.4 is 10.2 Å². The molecule has 3 heterocycles. The van der Waals surface area contributed by atoms with Crippen molar-refractivity contribution in [1.82, 2.24) is 19.9 Å². The summed E-state index contributed by atoms with van der Waals surface area (Å²) >= 11 is 0. The van der Waals surface area contributed by atoms with Crippen molar-refractivity contribution in [3.05, 3.63) is 23.9 Å². The first kappa shape index (κ1) is 11.5. The van der Waals surface area contributed by atoms with Crippen molar-refractivity contribution in [2.24, 2.45) is 0 Å². The van der Waals surface area contributed by atoms with Gasteiger partial charge in [-0.15, -0.1) is 5.10 Å². The predicted octanol–water partition coefficient (Wildman–Crippen LogP) is 1.23. The quantitative estimate of drug-likeness (QED) is 0.883. The van der Waals surface area contributed by atoms with Crippen LogP contribution in [0.4, 0.5) is 5.95 Å². The second-order valence-electron chi connectivity index (χ2n) is 5.09. The van der Waals surface area contributed by atoms with Crippen LogP contribution in [-0.2, 0) is 0 Å². The molecule has 0 spiro atoms. The molecule has 5 heteroatoms. The second-order valence-corrected chi connectivity index (χ2v) is 5.09. The summed E-state index contributed by atoms with van der Waals surface area (Å²) in [7, 11) is 2.06. The number of likely N-dealkylation sites (N-methyl/N-ethyl adjacent to an activating group) is 1. The molecule has 3 rings (SSSR count). The first-order chi connectivity index (χ1) is 8.72. The van der Waals surface area contributed by atoms with Gasteiger partial charge in [-0.05, 0) is 44.0 Å². The summed E-state index contributed by atoms with van der Waals surface area (Å²) in [6, 6.07) is 4.67. The first-order valence-electron chi connectivity index (χ1n) is 6.50. The third-order valence-corrected chi connectivity index (χ3v) is 3.48. The van der Waals surface area contributed by atoms with E-state index in [9.17, 15) is 0 Å². The normalized spacial score (nSPS) is 19.6. The van der Waals surface area contributed by atoms with E-state index >= 15 is 0 Å². The number of anilines is 1. The maximum absolute atomic E-state index is 4.57. The van der Waals surface area contributed by atoms with Crippen molar-refractivity contribution in [3.63, 3.8) is 0 Å². The van der Waals surface area contributed by atoms with E-state index in [0.717, 1.165) is 24.7 Å². The SMILES string of the molecule is Cc1ccn2nc(N(C)CC3CCCN3)nc2c1. The molecular formula is C13H19N5. The lowest BCUT2D eigenvalue weighted by atomic mass is 10.2. The van der Waals surface area contributed by atoms with Crippen LogP contribution in [-0.4, -0.2) is 40.8 Å². The number of fused-ring (bicyclic) bond motifs is 1. The molecule has 1 aliphatic rings. The Labute approximate surface area is 107 Å². The zero-order valence-corrected chi connectivity index (χ0v) is 10.9. The highest BCUT2D eigenvalue weighted by molar-refractivity contribution is 5.46. The highest BCUT2D eigenvalue weighted by atomic mass is 15.4. The molecule has 1 aliphatic heterocycles. The van der Waals surface area contributed by atoms with Gasteiger partial charge in [0.15, 0.2) is 5.65 Å². The molecule has 2 aromatic heterocycles. The average Bonchev–Trinajstić information content (AvgIpc) is 2.96. The molecule has 0 radical (unpaired) electrons. The van der Waals surface area contributed by atoms with Crippen LogP contribution in [0, 0.1) is 6.92 Å². The van der Waals surface area contributed by atoms with Gasteiger partial charge in [-0.1, -0.05) is 0 Å². The minimum absolute atomic E-state index is 0.573. The maximum atomic E-state index is 4.57. The molecule has 1 fully saturated rings. The van der Waals surface area contributed by atoms with Crippen LogP contribution in [0.2, 0.25) is 0 Å². The number of hydrogen-bond acceptors (Lipinski definition) is 4. The third-order valence-electron chi connectivity index (χ3n) is 3.48. The van der Waals surface area contributed by atoms with Gasteiger partial charge in [0.1, 0.15) is 0 Å². The van der Waals surface area contributed by atoms with Crippen molar-refractivity contribution in [2.45, 2.75) is 25.8 Å². The fourth-order valence-electron chi connectivity index (χ4n) is 2.46. The predicted molar refractivity (Wildman–Crippen MR) is 72.0 cm³/mol. The third kappa shape index (κ3) is 2.18. The fourth-order valence-corrected chi connectivity index (χ4v) is 2.46. The summed E-state index contributed by atoms with van der Waals surface area (Å²) in [5, 5.41) is 8.00. The molecular weight excluding hydrogens is 226 g/mol. The summed E-state index contributed by atoms with van der Waals surface area (Å²) in [5.74, 6) is 0.800. The number of aromatic nitrogens is 3. The molecule has 1 atom stereocenters. The molecule has 2 aromatic rings. The van der Waals surface area contributed by atoms with Gasteiger partial charge >= 0.3 is 0 Å². The molecule has 0 aliphatic carbocycles. The lowest BCUT2D eigenvalue weighted by Gasteiger charge is -2.19. The van der Waals surface area contributed by atoms with E-state index in [4.69, 9.17) is 0 Å². The molecule has 1 saturated heterocycles. The number of hydrogen-bond donors (Lipinski definition) is 1. The Bertz CT molecular complexity index is 541. The zero-order chi connectivity index (χ0) is 12.5. The summed E-state index contributed by atoms with van der Waals surface area (Å²) in [5.41, 5.74) is 2.12. The summed E-state index contributed by atoms with van der Waals surface area (Å²) in [6.07, 6.45) is 4.48. The highest BCUT2D eigenvalue weighted by Gasteiger charge is 2.18. The highest BCUT2D eigenvalue weighted by Crippen LogP contribution is 2.13. The van der Waals surface area contributed by atoms with Crippen LogP contribution in [0.5, 0.6) is 0 Å². The molecule has 0 saturated carbocycles. The first-order valence-corrected chi connectivity index (χ1v) is 6.50. The summed E-state index contributed by atoms with van der Waals surface area (Å²) in [6.45, 7) is 4.17. The Balaban J connectivity index is 1.80. The van der Waals surface area contributed by atoms with E-state index in [-0.39, 0.29) is 0 Å². The van der Waals surface area contributed by atoms with Gasteiger partial charge in [0.05, 0.1) is 0 Å². The number of aryl methyl sites for hydroxylation is 1. The van der Waals surface area contributed by atoms with Gasteiger partial charge in [-0.2, -0.15) is 4.98 Å². The van der Waals surface area contributed by atoms with Crippen molar-refractivity contribution in [3.8, 4) is 0 Å². The van der Waals surface area contributed by atoms with Gasteiger partial charge in [0, 0.05) is 25.8 Å². The molecule has 0 amide bonds. The monoisotopic (exact) mass is 245 g/mol. The van der Waals surface area contributed by atoms with E-state index < -0.39 is 0 Å². The fraction of sp³-hybridized carbons (Fsp3) is 0.538. The standard InChI is InChI=1S/C13H19N5/c1-10-5-7-18-12(8-10)15-13(16-18)17(2)9-11-4-3-6-14-11/h5,7-8,11,14H,3-4,6,9H2,1-2H3. The van der Waals surface area contributed by atoms with Crippen LogP contribution in [0.3, 0.4) is 0 Å². The van der Waals surface area contributed by atoms with Crippen LogP contribution >= 0.6 is 0 Å². The molecule has 18 heavy (non-hydrogen) atoms. The van der Waals surface area contributed by atoms with Crippen LogP contribution in [0.25, 0.3) is 5.65 Å². The van der Waals surface area contributed by atoms with Gasteiger partial charge in [0.2, 0.25) is 5.95 Å². The Hall–Kier alpha value is -1.62. The van der Waals surface area contributed by atoms with Crippen molar-refractivity contribution in [2.75, 3.05) is 25.0 Å². The van der Waals surface area contributed by atoms with Gasteiger partial charge in [0.25, 0.3) is 0 Å². The Kier molecular flexibility index (Phi) is 2.91. The zero-order valence-electron chi connectivity index (χ0n) is 10.9. The summed E-state index contributed by atoms with van der Waals surface area (Å²) in [4.78, 5) is 6.70. The lowest BCUT2D eigenvalue weighted by molar-refractivity contribution is 0.594. The van der Waals surface area contributed by atoms with Crippen molar-refractivity contribution < 1.29 is 0 Å². The van der Waals surface area contributed by atoms with E-state index in [2.05, 4.69) is 40.3 Å². The molecule has 0 aromatic carbocycles. The van der Waals surface area contributed by atoms with Crippen molar-refractivity contribution >= 4 is 11.6 Å². The average molecular weight is 245 g/mol. The molecule has 1 N–H and O–H groups in total. The van der Waals surface area contributed by atoms with Gasteiger partial charge in [-0.3, -0.25) is 0 Å². The Morgan fingerprint density at radius 1 is 1.56 bits per heavy atom. The van der Waals surface area contributed by atoms with Crippen LogP contribution in [0.1, 0.15) is 18.4 Å². The molecule has 0 bridgehead atoms. The molecule has 5 nitrogen and oxygen atoms in total. The number of rotatable bonds is 3. The summed E-state index contributed by atoms with van der Waals surface area (Å²) < 4.78 is 1.83. The molecule has 1 unspecified atom stereocenters. The number of nitrogens with zero attached hydrogens (tertiary/aromatic N) is 4. The van der Waals surface area contributed by atoms with E-state index in [1.165, 1.54) is 18.4 Å². The van der Waals surface area contributed by atoms with Crippen LogP contribution in [0.15, 0.2) is 18.3 Å². The van der Waals surface area contributed by atoms with Gasteiger partial charge < -0.3 is 10.2 Å². The van der Waals surface area contributed by atoms with Crippen molar-refractivity contribution in [1.29, 1.82) is 0 Å². The maximum Gasteiger partial charge on any atom is 0.245 e. The minimum atomic E-state index is 0.573. The number of pyridine rings is 1. The topological polar surface area (TPSA) is 45.5 Å². The smallest absolute Gasteiger partial charge is 0.245 e. The Morgan fingerprint density at radius 3 is 3.22 bits per heavy atom. The minimum Gasteiger partial charge on any atom is -0.341 e. The second kappa shape index (κ2) is 4.57. The van der Waals surface area contributed by atoms with E-state index in [0.29, 0.717) is 6.04 Å². The number of nitrogens with one attached hydrogen (secondary N) is 1. The lowest BCUT2D eigenvalue weighted by Crippen LogP contribution is -2.35. The Morgan fingerprint density at radius 2 is 2.44 bits per heavy atom. The molecule has 96 valence electrons. The van der Waals surface area contributed by atoms with Gasteiger partial charge in [-0.25, -0.2) is 4.52 Å². The van der Waals surface area contributed by atoms with E-state index in [1.54, 1.807) is 0 Å².